The molecule has 102 valence electrons. The third-order valence-corrected chi connectivity index (χ3v) is 3.42. The predicted molar refractivity (Wildman–Crippen MR) is 67.9 cm³/mol. The van der Waals surface area contributed by atoms with E-state index in [2.05, 4.69) is 10.3 Å². The van der Waals surface area contributed by atoms with E-state index in [9.17, 15) is 14.4 Å². The highest BCUT2D eigenvalue weighted by atomic mass is 16.4. The number of hydrogen-bond acceptors (Lipinski definition) is 3. The van der Waals surface area contributed by atoms with Crippen molar-refractivity contribution in [3.63, 3.8) is 0 Å². The Labute approximate surface area is 109 Å². The molecule has 0 aromatic carbocycles. The second kappa shape index (κ2) is 5.69. The highest BCUT2D eigenvalue weighted by Gasteiger charge is 2.28. The first-order chi connectivity index (χ1) is 9.08. The highest BCUT2D eigenvalue weighted by Crippen LogP contribution is 2.24. The van der Waals surface area contributed by atoms with E-state index in [1.54, 1.807) is 6.07 Å². The fourth-order valence-corrected chi connectivity index (χ4v) is 2.41. The minimum absolute atomic E-state index is 0.0555. The molecule has 6 heteroatoms. The van der Waals surface area contributed by atoms with Crippen molar-refractivity contribution in [3.8, 4) is 0 Å². The summed E-state index contributed by atoms with van der Waals surface area (Å²) in [6.07, 6.45) is 4.05. The van der Waals surface area contributed by atoms with Gasteiger partial charge in [0, 0.05) is 12.2 Å². The Kier molecular flexibility index (Phi) is 3.99. The van der Waals surface area contributed by atoms with Crippen LogP contribution in [0, 0.1) is 5.92 Å². The maximum Gasteiger partial charge on any atom is 0.306 e. The fourth-order valence-electron chi connectivity index (χ4n) is 2.41. The SMILES string of the molecule is O=C(NC1CCCC(C(=O)O)C1)c1ccc[nH]c1=O. The Balaban J connectivity index is 2.01. The number of nitrogens with one attached hydrogen (secondary N) is 2. The van der Waals surface area contributed by atoms with Crippen LogP contribution in [0.1, 0.15) is 36.0 Å². The number of hydrogen-bond donors (Lipinski definition) is 3. The van der Waals surface area contributed by atoms with Gasteiger partial charge >= 0.3 is 5.97 Å². The number of aromatic nitrogens is 1. The number of carboxylic acid groups (broad SMARTS) is 1. The molecule has 1 aromatic rings. The molecule has 1 saturated carbocycles. The van der Waals surface area contributed by atoms with E-state index in [0.717, 1.165) is 12.8 Å². The summed E-state index contributed by atoms with van der Waals surface area (Å²) in [5.41, 5.74) is -0.384. The van der Waals surface area contributed by atoms with Crippen LogP contribution in [0.4, 0.5) is 0 Å². The van der Waals surface area contributed by atoms with E-state index < -0.39 is 23.4 Å². The fraction of sp³-hybridized carbons (Fsp3) is 0.462. The van der Waals surface area contributed by atoms with E-state index in [1.165, 1.54) is 12.3 Å². The average Bonchev–Trinajstić information content (AvgIpc) is 2.39. The number of carbonyl (C=O) groups is 2. The van der Waals surface area contributed by atoms with Gasteiger partial charge in [-0.25, -0.2) is 0 Å². The molecule has 0 spiro atoms. The molecule has 6 nitrogen and oxygen atoms in total. The number of rotatable bonds is 3. The molecule has 0 radical (unpaired) electrons. The summed E-state index contributed by atoms with van der Waals surface area (Å²) >= 11 is 0. The van der Waals surface area contributed by atoms with Gasteiger partial charge in [-0.05, 0) is 31.4 Å². The Morgan fingerprint density at radius 1 is 1.37 bits per heavy atom. The molecule has 19 heavy (non-hydrogen) atoms. The normalized spacial score (nSPS) is 22.7. The molecular formula is C13H16N2O4. The van der Waals surface area contributed by atoms with Crippen molar-refractivity contribution in [1.82, 2.24) is 10.3 Å². The molecular weight excluding hydrogens is 248 g/mol. The van der Waals surface area contributed by atoms with E-state index in [0.29, 0.717) is 12.8 Å². The minimum Gasteiger partial charge on any atom is -0.481 e. The first kappa shape index (κ1) is 13.3. The Morgan fingerprint density at radius 2 is 2.16 bits per heavy atom. The third kappa shape index (κ3) is 3.21. The summed E-state index contributed by atoms with van der Waals surface area (Å²) in [6, 6.07) is 2.85. The number of aliphatic carboxylic acids is 1. The van der Waals surface area contributed by atoms with Gasteiger partial charge in [0.1, 0.15) is 5.56 Å². The number of pyridine rings is 1. The van der Waals surface area contributed by atoms with E-state index >= 15 is 0 Å². The summed E-state index contributed by atoms with van der Waals surface area (Å²) in [4.78, 5) is 36.8. The monoisotopic (exact) mass is 264 g/mol. The molecule has 2 atom stereocenters. The van der Waals surface area contributed by atoms with Crippen molar-refractivity contribution in [2.75, 3.05) is 0 Å². The van der Waals surface area contributed by atoms with Crippen LogP contribution in [0.2, 0.25) is 0 Å². The lowest BCUT2D eigenvalue weighted by atomic mass is 9.85. The number of amides is 1. The van der Waals surface area contributed by atoms with Crippen LogP contribution >= 0.6 is 0 Å². The molecule has 0 saturated heterocycles. The standard InChI is InChI=1S/C13H16N2O4/c16-11-10(5-2-6-14-11)12(17)15-9-4-1-3-8(7-9)13(18)19/h2,5-6,8-9H,1,3-4,7H2,(H,14,16)(H,15,17)(H,18,19). The van der Waals surface area contributed by atoms with Gasteiger partial charge in [0.25, 0.3) is 11.5 Å². The molecule has 1 amide bonds. The zero-order chi connectivity index (χ0) is 13.8. The van der Waals surface area contributed by atoms with E-state index in [1.807, 2.05) is 0 Å². The van der Waals surface area contributed by atoms with Crippen molar-refractivity contribution in [2.24, 2.45) is 5.92 Å². The van der Waals surface area contributed by atoms with Crippen LogP contribution in [-0.2, 0) is 4.79 Å². The van der Waals surface area contributed by atoms with Gasteiger partial charge in [-0.2, -0.15) is 0 Å². The third-order valence-electron chi connectivity index (χ3n) is 3.42. The van der Waals surface area contributed by atoms with Crippen LogP contribution in [0.25, 0.3) is 0 Å². The number of carboxylic acids is 1. The smallest absolute Gasteiger partial charge is 0.306 e. The minimum atomic E-state index is -0.823. The van der Waals surface area contributed by atoms with Gasteiger partial charge in [0.05, 0.1) is 5.92 Å². The summed E-state index contributed by atoms with van der Waals surface area (Å²) < 4.78 is 0. The van der Waals surface area contributed by atoms with E-state index in [4.69, 9.17) is 5.11 Å². The van der Waals surface area contributed by atoms with Crippen molar-refractivity contribution in [3.05, 3.63) is 34.2 Å². The molecule has 1 aliphatic carbocycles. The number of aromatic amines is 1. The van der Waals surface area contributed by atoms with Gasteiger partial charge in [-0.15, -0.1) is 0 Å². The molecule has 1 heterocycles. The van der Waals surface area contributed by atoms with Crippen LogP contribution in [0.3, 0.4) is 0 Å². The summed E-state index contributed by atoms with van der Waals surface area (Å²) in [5, 5.41) is 11.7. The molecule has 1 aliphatic rings. The lowest BCUT2D eigenvalue weighted by Gasteiger charge is -2.27. The molecule has 2 rings (SSSR count). The van der Waals surface area contributed by atoms with Gasteiger partial charge in [0.15, 0.2) is 0 Å². The van der Waals surface area contributed by atoms with Gasteiger partial charge in [-0.1, -0.05) is 6.42 Å². The van der Waals surface area contributed by atoms with Crippen LogP contribution in [-0.4, -0.2) is 28.0 Å². The van der Waals surface area contributed by atoms with Crippen LogP contribution in [0.5, 0.6) is 0 Å². The molecule has 0 bridgehead atoms. The Bertz CT molecular complexity index is 537. The molecule has 2 unspecified atom stereocenters. The van der Waals surface area contributed by atoms with Crippen LogP contribution < -0.4 is 10.9 Å². The van der Waals surface area contributed by atoms with E-state index in [-0.39, 0.29) is 11.6 Å². The van der Waals surface area contributed by atoms with Crippen molar-refractivity contribution >= 4 is 11.9 Å². The summed E-state index contributed by atoms with van der Waals surface area (Å²) in [6.45, 7) is 0. The average molecular weight is 264 g/mol. The van der Waals surface area contributed by atoms with Gasteiger partial charge in [-0.3, -0.25) is 14.4 Å². The summed E-state index contributed by atoms with van der Waals surface area (Å²) in [5.74, 6) is -1.68. The predicted octanol–water partition coefficient (Wildman–Crippen LogP) is 0.748. The largest absolute Gasteiger partial charge is 0.481 e. The zero-order valence-electron chi connectivity index (χ0n) is 10.4. The topological polar surface area (TPSA) is 99.3 Å². The lowest BCUT2D eigenvalue weighted by molar-refractivity contribution is -0.143. The van der Waals surface area contributed by atoms with Crippen molar-refractivity contribution in [1.29, 1.82) is 0 Å². The number of carbonyl (C=O) groups excluding carboxylic acids is 1. The first-order valence-electron chi connectivity index (χ1n) is 6.29. The second-order valence-corrected chi connectivity index (χ2v) is 4.79. The quantitative estimate of drug-likeness (QED) is 0.750. The van der Waals surface area contributed by atoms with Crippen molar-refractivity contribution < 1.29 is 14.7 Å². The maximum absolute atomic E-state index is 11.9. The van der Waals surface area contributed by atoms with Gasteiger partial charge < -0.3 is 15.4 Å². The Morgan fingerprint density at radius 3 is 2.84 bits per heavy atom. The zero-order valence-corrected chi connectivity index (χ0v) is 10.4. The lowest BCUT2D eigenvalue weighted by Crippen LogP contribution is -2.41. The first-order valence-corrected chi connectivity index (χ1v) is 6.29. The molecule has 1 aromatic heterocycles. The molecule has 0 aliphatic heterocycles. The number of H-pyrrole nitrogens is 1. The van der Waals surface area contributed by atoms with Crippen LogP contribution in [0.15, 0.2) is 23.1 Å². The highest BCUT2D eigenvalue weighted by molar-refractivity contribution is 5.93. The Hall–Kier alpha value is -2.11. The summed E-state index contributed by atoms with van der Waals surface area (Å²) in [7, 11) is 0. The second-order valence-electron chi connectivity index (χ2n) is 4.79. The van der Waals surface area contributed by atoms with Gasteiger partial charge in [0.2, 0.25) is 0 Å². The maximum atomic E-state index is 11.9. The molecule has 1 fully saturated rings. The van der Waals surface area contributed by atoms with Crippen molar-refractivity contribution in [2.45, 2.75) is 31.7 Å². The molecule has 3 N–H and O–H groups in total.